The lowest BCUT2D eigenvalue weighted by Gasteiger charge is -2.32. The number of carboxylic acid groups (broad SMARTS) is 1. The normalized spacial score (nSPS) is 20.5. The van der Waals surface area contributed by atoms with E-state index in [9.17, 15) is 14.4 Å². The number of carbonyl (C=O) groups excluding carboxylic acids is 2. The lowest BCUT2D eigenvalue weighted by Crippen LogP contribution is -2.48. The van der Waals surface area contributed by atoms with E-state index in [0.29, 0.717) is 12.8 Å². The first-order valence-corrected chi connectivity index (χ1v) is 4.98. The number of carbonyl (C=O) groups is 3. The summed E-state index contributed by atoms with van der Waals surface area (Å²) in [6.07, 6.45) is 0.470. The molecule has 5 nitrogen and oxygen atoms in total. The van der Waals surface area contributed by atoms with E-state index in [0.717, 1.165) is 4.90 Å². The number of rotatable bonds is 3. The molecule has 1 aliphatic heterocycles. The van der Waals surface area contributed by atoms with Crippen LogP contribution in [0.4, 0.5) is 0 Å². The minimum Gasteiger partial charge on any atom is -0.481 e. The quantitative estimate of drug-likeness (QED) is 0.698. The molecule has 1 fully saturated rings. The second kappa shape index (κ2) is 4.42. The van der Waals surface area contributed by atoms with Gasteiger partial charge in [-0.05, 0) is 12.8 Å². The van der Waals surface area contributed by atoms with Gasteiger partial charge in [0.2, 0.25) is 11.8 Å². The number of amides is 2. The summed E-state index contributed by atoms with van der Waals surface area (Å²) >= 11 is 0. The SMILES string of the molecule is CC1CC(=O)N(C(C)CC(=O)O)C(=O)C1. The van der Waals surface area contributed by atoms with Crippen LogP contribution in [0.1, 0.15) is 33.1 Å². The third kappa shape index (κ3) is 2.78. The number of piperidine rings is 1. The minimum atomic E-state index is -0.998. The van der Waals surface area contributed by atoms with Gasteiger partial charge in [0.1, 0.15) is 0 Å². The van der Waals surface area contributed by atoms with E-state index in [2.05, 4.69) is 0 Å². The van der Waals surface area contributed by atoms with E-state index < -0.39 is 12.0 Å². The highest BCUT2D eigenvalue weighted by atomic mass is 16.4. The van der Waals surface area contributed by atoms with Crippen molar-refractivity contribution in [2.24, 2.45) is 5.92 Å². The molecule has 0 aromatic heterocycles. The molecule has 0 bridgehead atoms. The molecule has 1 heterocycles. The Morgan fingerprint density at radius 3 is 2.33 bits per heavy atom. The van der Waals surface area contributed by atoms with Crippen molar-refractivity contribution in [3.05, 3.63) is 0 Å². The van der Waals surface area contributed by atoms with Gasteiger partial charge in [0.25, 0.3) is 0 Å². The first kappa shape index (κ1) is 11.7. The number of likely N-dealkylation sites (tertiary alicyclic amines) is 1. The Balaban J connectivity index is 2.71. The van der Waals surface area contributed by atoms with Gasteiger partial charge in [-0.25, -0.2) is 0 Å². The van der Waals surface area contributed by atoms with Crippen molar-refractivity contribution >= 4 is 17.8 Å². The van der Waals surface area contributed by atoms with Gasteiger partial charge in [-0.2, -0.15) is 0 Å². The second-order valence-corrected chi connectivity index (χ2v) is 4.12. The fourth-order valence-corrected chi connectivity index (χ4v) is 1.84. The van der Waals surface area contributed by atoms with Crippen molar-refractivity contribution in [2.75, 3.05) is 0 Å². The molecule has 0 spiro atoms. The topological polar surface area (TPSA) is 74.7 Å². The van der Waals surface area contributed by atoms with Gasteiger partial charge in [-0.3, -0.25) is 19.3 Å². The fourth-order valence-electron chi connectivity index (χ4n) is 1.84. The maximum Gasteiger partial charge on any atom is 0.305 e. The Morgan fingerprint density at radius 2 is 1.93 bits per heavy atom. The fraction of sp³-hybridized carbons (Fsp3) is 0.700. The molecule has 5 heteroatoms. The van der Waals surface area contributed by atoms with Crippen LogP contribution in [0.25, 0.3) is 0 Å². The smallest absolute Gasteiger partial charge is 0.305 e. The molecule has 1 N–H and O–H groups in total. The first-order valence-electron chi connectivity index (χ1n) is 4.98. The van der Waals surface area contributed by atoms with Crippen molar-refractivity contribution in [1.82, 2.24) is 4.90 Å². The lowest BCUT2D eigenvalue weighted by molar-refractivity contribution is -0.153. The molecule has 0 aromatic carbocycles. The van der Waals surface area contributed by atoms with Crippen LogP contribution in [-0.2, 0) is 14.4 Å². The summed E-state index contributed by atoms with van der Waals surface area (Å²) in [6, 6.07) is -0.546. The third-order valence-corrected chi connectivity index (χ3v) is 2.49. The van der Waals surface area contributed by atoms with Gasteiger partial charge in [0.05, 0.1) is 6.42 Å². The molecule has 0 radical (unpaired) electrons. The van der Waals surface area contributed by atoms with Crippen molar-refractivity contribution < 1.29 is 19.5 Å². The lowest BCUT2D eigenvalue weighted by atomic mass is 9.96. The van der Waals surface area contributed by atoms with Crippen LogP contribution in [0.3, 0.4) is 0 Å². The largest absolute Gasteiger partial charge is 0.481 e. The standard InChI is InChI=1S/C10H15NO4/c1-6-3-8(12)11(9(13)4-6)7(2)5-10(14)15/h6-7H,3-5H2,1-2H3,(H,14,15). The second-order valence-electron chi connectivity index (χ2n) is 4.12. The first-order chi connectivity index (χ1) is 6.91. The summed E-state index contributed by atoms with van der Waals surface area (Å²) in [6.45, 7) is 3.43. The zero-order valence-corrected chi connectivity index (χ0v) is 8.90. The van der Waals surface area contributed by atoms with Gasteiger partial charge < -0.3 is 5.11 Å². The molecular formula is C10H15NO4. The van der Waals surface area contributed by atoms with Gasteiger partial charge in [-0.1, -0.05) is 6.92 Å². The Labute approximate surface area is 88.1 Å². The molecule has 0 aliphatic carbocycles. The molecule has 1 saturated heterocycles. The molecule has 15 heavy (non-hydrogen) atoms. The van der Waals surface area contributed by atoms with Gasteiger partial charge in [-0.15, -0.1) is 0 Å². The van der Waals surface area contributed by atoms with E-state index in [1.807, 2.05) is 6.92 Å². The van der Waals surface area contributed by atoms with E-state index in [1.165, 1.54) is 0 Å². The Kier molecular flexibility index (Phi) is 3.44. The molecule has 1 unspecified atom stereocenters. The zero-order valence-electron chi connectivity index (χ0n) is 8.90. The van der Waals surface area contributed by atoms with Crippen LogP contribution in [0, 0.1) is 5.92 Å². The summed E-state index contributed by atoms with van der Waals surface area (Å²) in [5, 5.41) is 8.59. The molecule has 84 valence electrons. The maximum absolute atomic E-state index is 11.6. The van der Waals surface area contributed by atoms with E-state index in [1.54, 1.807) is 6.92 Å². The van der Waals surface area contributed by atoms with Crippen LogP contribution >= 0.6 is 0 Å². The molecule has 1 aliphatic rings. The predicted octanol–water partition coefficient (Wildman–Crippen LogP) is 0.635. The number of hydrogen-bond donors (Lipinski definition) is 1. The third-order valence-electron chi connectivity index (χ3n) is 2.49. The average molecular weight is 213 g/mol. The van der Waals surface area contributed by atoms with Crippen LogP contribution in [0.5, 0.6) is 0 Å². The summed E-state index contributed by atoms with van der Waals surface area (Å²) in [4.78, 5) is 34.7. The number of carboxylic acids is 1. The molecule has 0 saturated carbocycles. The van der Waals surface area contributed by atoms with Crippen LogP contribution in [0.15, 0.2) is 0 Å². The zero-order chi connectivity index (χ0) is 11.6. The van der Waals surface area contributed by atoms with Crippen molar-refractivity contribution in [1.29, 1.82) is 0 Å². The maximum atomic E-state index is 11.6. The molecule has 1 atom stereocenters. The molecular weight excluding hydrogens is 198 g/mol. The highest BCUT2D eigenvalue weighted by Gasteiger charge is 2.34. The van der Waals surface area contributed by atoms with E-state index in [4.69, 9.17) is 5.11 Å². The number of imide groups is 1. The summed E-state index contributed by atoms with van der Waals surface area (Å²) in [5.41, 5.74) is 0. The number of nitrogens with zero attached hydrogens (tertiary/aromatic N) is 1. The molecule has 1 rings (SSSR count). The molecule has 0 aromatic rings. The number of hydrogen-bond acceptors (Lipinski definition) is 3. The summed E-state index contributed by atoms with van der Waals surface area (Å²) in [5.74, 6) is -1.44. The van der Waals surface area contributed by atoms with Crippen molar-refractivity contribution in [3.63, 3.8) is 0 Å². The van der Waals surface area contributed by atoms with Crippen LogP contribution < -0.4 is 0 Å². The minimum absolute atomic E-state index is 0.0679. The van der Waals surface area contributed by atoms with Crippen molar-refractivity contribution in [2.45, 2.75) is 39.2 Å². The Bertz CT molecular complexity index is 282. The van der Waals surface area contributed by atoms with Gasteiger partial charge in [0, 0.05) is 18.9 Å². The number of aliphatic carboxylic acids is 1. The highest BCUT2D eigenvalue weighted by Crippen LogP contribution is 2.21. The van der Waals surface area contributed by atoms with Gasteiger partial charge >= 0.3 is 5.97 Å². The van der Waals surface area contributed by atoms with Crippen LogP contribution in [-0.4, -0.2) is 33.8 Å². The summed E-state index contributed by atoms with van der Waals surface area (Å²) in [7, 11) is 0. The molecule has 2 amide bonds. The van der Waals surface area contributed by atoms with Gasteiger partial charge in [0.15, 0.2) is 0 Å². The van der Waals surface area contributed by atoms with E-state index >= 15 is 0 Å². The summed E-state index contributed by atoms with van der Waals surface area (Å²) < 4.78 is 0. The van der Waals surface area contributed by atoms with Crippen LogP contribution in [0.2, 0.25) is 0 Å². The Morgan fingerprint density at radius 1 is 1.47 bits per heavy atom. The van der Waals surface area contributed by atoms with E-state index in [-0.39, 0.29) is 24.2 Å². The highest BCUT2D eigenvalue weighted by molar-refractivity contribution is 5.98. The Hall–Kier alpha value is -1.39. The average Bonchev–Trinajstić information content (AvgIpc) is 1.99. The monoisotopic (exact) mass is 213 g/mol. The van der Waals surface area contributed by atoms with Crippen molar-refractivity contribution in [3.8, 4) is 0 Å². The predicted molar refractivity (Wildman–Crippen MR) is 52.0 cm³/mol.